The van der Waals surface area contributed by atoms with Gasteiger partial charge in [-0.05, 0) is 37.1 Å². The Morgan fingerprint density at radius 2 is 1.76 bits per heavy atom. The quantitative estimate of drug-likeness (QED) is 0.312. The summed E-state index contributed by atoms with van der Waals surface area (Å²) in [5.74, 6) is -0.163. The Hall–Kier alpha value is -4.24. The van der Waals surface area contributed by atoms with E-state index in [0.29, 0.717) is 48.7 Å². The number of non-ortho nitro benzene ring substituents is 1. The van der Waals surface area contributed by atoms with E-state index >= 15 is 0 Å². The number of carbonyl (C=O) groups is 2. The molecule has 2 amide bonds. The zero-order valence-electron chi connectivity index (χ0n) is 18.2. The number of carbonyl (C=O) groups excluding carboxylic acids is 2. The first-order valence-electron chi connectivity index (χ1n) is 10.8. The molecular formula is C25H23N3O6. The lowest BCUT2D eigenvalue weighted by atomic mass is 10.1. The van der Waals surface area contributed by atoms with E-state index in [9.17, 15) is 19.7 Å². The molecule has 3 aromatic rings. The van der Waals surface area contributed by atoms with E-state index < -0.39 is 16.7 Å². The summed E-state index contributed by atoms with van der Waals surface area (Å²) in [6, 6.07) is 17.8. The number of furan rings is 1. The number of nitrogens with zero attached hydrogens (tertiary/aromatic N) is 1. The van der Waals surface area contributed by atoms with Gasteiger partial charge in [-0.2, -0.15) is 0 Å². The van der Waals surface area contributed by atoms with Gasteiger partial charge >= 0.3 is 0 Å². The Morgan fingerprint density at radius 3 is 2.50 bits per heavy atom. The summed E-state index contributed by atoms with van der Waals surface area (Å²) in [4.78, 5) is 36.3. The van der Waals surface area contributed by atoms with Crippen molar-refractivity contribution in [3.8, 4) is 11.3 Å². The van der Waals surface area contributed by atoms with Crippen LogP contribution in [0.15, 0.2) is 76.8 Å². The van der Waals surface area contributed by atoms with Crippen LogP contribution < -0.4 is 10.6 Å². The fraction of sp³-hybridized carbons (Fsp3) is 0.200. The molecule has 1 fully saturated rings. The molecule has 0 radical (unpaired) electrons. The van der Waals surface area contributed by atoms with Gasteiger partial charge in [-0.1, -0.05) is 30.3 Å². The molecule has 1 saturated heterocycles. The lowest BCUT2D eigenvalue weighted by Crippen LogP contribution is -2.42. The summed E-state index contributed by atoms with van der Waals surface area (Å²) >= 11 is 0. The number of amides is 2. The minimum absolute atomic E-state index is 0.0280. The van der Waals surface area contributed by atoms with E-state index in [-0.39, 0.29) is 17.4 Å². The fourth-order valence-electron chi connectivity index (χ4n) is 3.55. The van der Waals surface area contributed by atoms with E-state index in [1.807, 2.05) is 0 Å². The molecule has 0 aliphatic carbocycles. The molecule has 2 aromatic carbocycles. The van der Waals surface area contributed by atoms with Gasteiger partial charge in [-0.25, -0.2) is 0 Å². The van der Waals surface area contributed by atoms with Crippen LogP contribution in [0.25, 0.3) is 17.4 Å². The lowest BCUT2D eigenvalue weighted by Gasteiger charge is -2.23. The summed E-state index contributed by atoms with van der Waals surface area (Å²) in [6.45, 7) is 1.12. The molecule has 2 heterocycles. The number of hydrogen-bond acceptors (Lipinski definition) is 6. The predicted octanol–water partition coefficient (Wildman–Crippen LogP) is 3.92. The van der Waals surface area contributed by atoms with Crippen LogP contribution in [0.4, 0.5) is 5.69 Å². The highest BCUT2D eigenvalue weighted by Gasteiger charge is 2.21. The molecule has 0 saturated carbocycles. The van der Waals surface area contributed by atoms with Crippen LogP contribution in [0, 0.1) is 10.1 Å². The summed E-state index contributed by atoms with van der Waals surface area (Å²) in [7, 11) is 0. The van der Waals surface area contributed by atoms with Crippen molar-refractivity contribution in [2.75, 3.05) is 13.2 Å². The number of rotatable bonds is 7. The predicted molar refractivity (Wildman–Crippen MR) is 125 cm³/mol. The van der Waals surface area contributed by atoms with E-state index in [2.05, 4.69) is 10.6 Å². The van der Waals surface area contributed by atoms with Gasteiger partial charge in [0.2, 0.25) is 0 Å². The first-order chi connectivity index (χ1) is 16.5. The molecule has 1 aliphatic heterocycles. The van der Waals surface area contributed by atoms with Crippen molar-refractivity contribution in [1.82, 2.24) is 10.6 Å². The maximum absolute atomic E-state index is 13.0. The molecule has 1 aliphatic rings. The third-order valence-electron chi connectivity index (χ3n) is 5.34. The SMILES string of the molecule is O=C(NC1CCOCC1)/C(=C\c1ccc(-c2cccc([N+](=O)[O-])c2)o1)NC(=O)c1ccccc1. The van der Waals surface area contributed by atoms with Crippen LogP contribution in [0.1, 0.15) is 29.0 Å². The highest BCUT2D eigenvalue weighted by Crippen LogP contribution is 2.26. The van der Waals surface area contributed by atoms with Crippen LogP contribution in [-0.4, -0.2) is 36.0 Å². The van der Waals surface area contributed by atoms with Crippen LogP contribution in [-0.2, 0) is 9.53 Å². The van der Waals surface area contributed by atoms with Gasteiger partial charge in [-0.15, -0.1) is 0 Å². The number of nitrogens with one attached hydrogen (secondary N) is 2. The minimum atomic E-state index is -0.481. The zero-order valence-corrected chi connectivity index (χ0v) is 18.2. The van der Waals surface area contributed by atoms with Crippen molar-refractivity contribution in [3.63, 3.8) is 0 Å². The molecule has 0 unspecified atom stereocenters. The van der Waals surface area contributed by atoms with Crippen molar-refractivity contribution in [2.45, 2.75) is 18.9 Å². The van der Waals surface area contributed by atoms with Crippen molar-refractivity contribution >= 4 is 23.6 Å². The zero-order chi connectivity index (χ0) is 23.9. The highest BCUT2D eigenvalue weighted by atomic mass is 16.6. The average Bonchev–Trinajstić information content (AvgIpc) is 3.33. The molecule has 174 valence electrons. The van der Waals surface area contributed by atoms with E-state index in [1.165, 1.54) is 18.2 Å². The maximum Gasteiger partial charge on any atom is 0.270 e. The molecule has 9 heteroatoms. The second-order valence-electron chi connectivity index (χ2n) is 7.75. The monoisotopic (exact) mass is 461 g/mol. The van der Waals surface area contributed by atoms with E-state index in [0.717, 1.165) is 0 Å². The summed E-state index contributed by atoms with van der Waals surface area (Å²) in [6.07, 6.45) is 2.81. The number of ether oxygens (including phenoxy) is 1. The molecule has 0 spiro atoms. The van der Waals surface area contributed by atoms with Gasteiger partial charge in [0, 0.05) is 48.6 Å². The molecule has 1 aromatic heterocycles. The Morgan fingerprint density at radius 1 is 1.00 bits per heavy atom. The molecular weight excluding hydrogens is 438 g/mol. The third kappa shape index (κ3) is 5.76. The van der Waals surface area contributed by atoms with Gasteiger partial charge in [0.05, 0.1) is 4.92 Å². The van der Waals surface area contributed by atoms with Crippen molar-refractivity contribution in [3.05, 3.63) is 93.9 Å². The maximum atomic E-state index is 13.0. The first-order valence-corrected chi connectivity index (χ1v) is 10.8. The number of benzene rings is 2. The molecule has 2 N–H and O–H groups in total. The second-order valence-corrected chi connectivity index (χ2v) is 7.75. The average molecular weight is 461 g/mol. The van der Waals surface area contributed by atoms with Crippen LogP contribution in [0.2, 0.25) is 0 Å². The Labute approximate surface area is 195 Å². The first kappa shape index (κ1) is 22.9. The standard InChI is InChI=1S/C25H23N3O6/c29-24(17-5-2-1-3-6-17)27-22(25(30)26-19-11-13-33-14-12-19)16-21-9-10-23(34-21)18-7-4-8-20(15-18)28(31)32/h1-10,15-16,19H,11-14H2,(H,26,30)(H,27,29)/b22-16+. The van der Waals surface area contributed by atoms with Gasteiger partial charge in [0.15, 0.2) is 0 Å². The van der Waals surface area contributed by atoms with Crippen LogP contribution in [0.3, 0.4) is 0 Å². The molecule has 0 atom stereocenters. The Kier molecular flexibility index (Phi) is 7.14. The van der Waals surface area contributed by atoms with E-state index in [1.54, 1.807) is 54.6 Å². The highest BCUT2D eigenvalue weighted by molar-refractivity contribution is 6.05. The topological polar surface area (TPSA) is 124 Å². The molecule has 9 nitrogen and oxygen atoms in total. The van der Waals surface area contributed by atoms with Crippen LogP contribution in [0.5, 0.6) is 0 Å². The molecule has 0 bridgehead atoms. The molecule has 4 rings (SSSR count). The number of hydrogen-bond donors (Lipinski definition) is 2. The van der Waals surface area contributed by atoms with Crippen molar-refractivity contribution in [1.29, 1.82) is 0 Å². The summed E-state index contributed by atoms with van der Waals surface area (Å²) < 4.78 is 11.1. The summed E-state index contributed by atoms with van der Waals surface area (Å²) in [5, 5.41) is 16.7. The molecule has 34 heavy (non-hydrogen) atoms. The van der Waals surface area contributed by atoms with Gasteiger partial charge in [0.1, 0.15) is 17.2 Å². The summed E-state index contributed by atoms with van der Waals surface area (Å²) in [5.41, 5.74) is 0.900. The second kappa shape index (κ2) is 10.6. The van der Waals surface area contributed by atoms with Gasteiger partial charge in [0.25, 0.3) is 17.5 Å². The lowest BCUT2D eigenvalue weighted by molar-refractivity contribution is -0.384. The smallest absolute Gasteiger partial charge is 0.270 e. The normalized spacial score (nSPS) is 14.4. The third-order valence-corrected chi connectivity index (χ3v) is 5.34. The minimum Gasteiger partial charge on any atom is -0.457 e. The van der Waals surface area contributed by atoms with Crippen LogP contribution >= 0.6 is 0 Å². The van der Waals surface area contributed by atoms with Crippen molar-refractivity contribution in [2.24, 2.45) is 0 Å². The number of nitro groups is 1. The largest absolute Gasteiger partial charge is 0.457 e. The van der Waals surface area contributed by atoms with Gasteiger partial charge < -0.3 is 19.8 Å². The van der Waals surface area contributed by atoms with E-state index in [4.69, 9.17) is 9.15 Å². The fourth-order valence-corrected chi connectivity index (χ4v) is 3.55. The van der Waals surface area contributed by atoms with Gasteiger partial charge in [-0.3, -0.25) is 19.7 Å². The van der Waals surface area contributed by atoms with Crippen molar-refractivity contribution < 1.29 is 23.7 Å². The number of nitro benzene ring substituents is 1. The Balaban J connectivity index is 1.59. The Bertz CT molecular complexity index is 1210.